The van der Waals surface area contributed by atoms with E-state index in [2.05, 4.69) is 20.7 Å². The van der Waals surface area contributed by atoms with Gasteiger partial charge in [-0.3, -0.25) is 19.4 Å². The third-order valence-electron chi connectivity index (χ3n) is 5.18. The molecule has 7 nitrogen and oxygen atoms in total. The van der Waals surface area contributed by atoms with Crippen LogP contribution in [0.15, 0.2) is 83.9 Å². The highest BCUT2D eigenvalue weighted by molar-refractivity contribution is 6.31. The molecule has 0 spiro atoms. The number of nitrogens with zero attached hydrogens (tertiary/aromatic N) is 2. The number of hydrogen-bond donors (Lipinski definition) is 3. The van der Waals surface area contributed by atoms with Gasteiger partial charge in [-0.25, -0.2) is 4.98 Å². The fourth-order valence-electron chi connectivity index (χ4n) is 3.61. The Labute approximate surface area is 178 Å². The van der Waals surface area contributed by atoms with Crippen molar-refractivity contribution < 1.29 is 4.79 Å². The van der Waals surface area contributed by atoms with E-state index < -0.39 is 0 Å². The van der Waals surface area contributed by atoms with E-state index in [1.165, 1.54) is 0 Å². The number of benzene rings is 2. The Morgan fingerprint density at radius 2 is 1.74 bits per heavy atom. The zero-order valence-electron chi connectivity index (χ0n) is 16.7. The molecule has 1 aliphatic rings. The Kier molecular flexibility index (Phi) is 4.48. The zero-order chi connectivity index (χ0) is 21.4. The van der Waals surface area contributed by atoms with E-state index in [1.54, 1.807) is 23.1 Å². The minimum absolute atomic E-state index is 0.140. The second kappa shape index (κ2) is 7.46. The first-order valence-electron chi connectivity index (χ1n) is 9.81. The van der Waals surface area contributed by atoms with Crippen LogP contribution in [0, 0.1) is 6.92 Å². The van der Waals surface area contributed by atoms with Gasteiger partial charge in [-0.15, -0.1) is 0 Å². The molecule has 5 rings (SSSR count). The van der Waals surface area contributed by atoms with Crippen molar-refractivity contribution in [1.29, 1.82) is 0 Å². The number of rotatable bonds is 4. The summed E-state index contributed by atoms with van der Waals surface area (Å²) in [6.07, 6.45) is 3.45. The highest BCUT2D eigenvalue weighted by atomic mass is 16.2. The lowest BCUT2D eigenvalue weighted by atomic mass is 10.0. The summed E-state index contributed by atoms with van der Waals surface area (Å²) in [5, 5.41) is 8.75. The van der Waals surface area contributed by atoms with Crippen LogP contribution in [0.1, 0.15) is 11.3 Å². The normalized spacial score (nSPS) is 13.8. The summed E-state index contributed by atoms with van der Waals surface area (Å²) in [4.78, 5) is 28.4. The largest absolute Gasteiger partial charge is 0.361 e. The molecule has 0 bridgehead atoms. The smallest absolute Gasteiger partial charge is 0.264 e. The number of nitrogens with one attached hydrogen (secondary N) is 3. The zero-order valence-corrected chi connectivity index (χ0v) is 16.7. The van der Waals surface area contributed by atoms with Crippen LogP contribution < -0.4 is 16.2 Å². The van der Waals surface area contributed by atoms with Crippen LogP contribution >= 0.6 is 0 Å². The number of H-pyrrole nitrogens is 1. The van der Waals surface area contributed by atoms with Gasteiger partial charge in [-0.05, 0) is 42.8 Å². The van der Waals surface area contributed by atoms with Gasteiger partial charge in [0.25, 0.3) is 11.5 Å². The molecule has 3 heterocycles. The Bertz CT molecular complexity index is 1370. The summed E-state index contributed by atoms with van der Waals surface area (Å²) in [5.74, 6) is 0.359. The molecule has 0 fully saturated rings. The number of fused-ring (bicyclic) bond motifs is 1. The van der Waals surface area contributed by atoms with E-state index in [0.29, 0.717) is 11.4 Å². The van der Waals surface area contributed by atoms with Crippen LogP contribution in [0.3, 0.4) is 0 Å². The first-order chi connectivity index (χ1) is 15.1. The number of amides is 1. The minimum Gasteiger partial charge on any atom is -0.361 e. The van der Waals surface area contributed by atoms with Gasteiger partial charge < -0.3 is 10.6 Å². The fraction of sp³-hybridized carbons (Fsp3) is 0.0417. The molecule has 0 atom stereocenters. The molecule has 0 radical (unpaired) electrons. The summed E-state index contributed by atoms with van der Waals surface area (Å²) in [6.45, 7) is 1.86. The monoisotopic (exact) mass is 409 g/mol. The lowest BCUT2D eigenvalue weighted by molar-refractivity contribution is -0.110. The van der Waals surface area contributed by atoms with Crippen LogP contribution in [0.2, 0.25) is 0 Å². The van der Waals surface area contributed by atoms with E-state index in [0.717, 1.165) is 33.8 Å². The molecule has 3 N–H and O–H groups in total. The molecule has 2 aromatic heterocycles. The van der Waals surface area contributed by atoms with Crippen molar-refractivity contribution in [2.75, 3.05) is 10.6 Å². The van der Waals surface area contributed by atoms with Crippen LogP contribution in [0.25, 0.3) is 22.4 Å². The number of anilines is 2. The SMILES string of the molecule is Cc1cc(=O)[nH]n1-c1ccc(N/C=C2\C(=O)Nc3ncc(-c4ccccc4)cc32)cc1. The van der Waals surface area contributed by atoms with E-state index in [4.69, 9.17) is 0 Å². The van der Waals surface area contributed by atoms with Gasteiger partial charge in [-0.1, -0.05) is 30.3 Å². The van der Waals surface area contributed by atoms with Crippen LogP contribution in [-0.2, 0) is 4.79 Å². The molecule has 2 aromatic carbocycles. The maximum atomic E-state index is 12.5. The number of aromatic amines is 1. The van der Waals surface area contributed by atoms with Gasteiger partial charge in [-0.2, -0.15) is 0 Å². The number of hydrogen-bond acceptors (Lipinski definition) is 4. The predicted octanol–water partition coefficient (Wildman–Crippen LogP) is 3.94. The molecule has 4 aromatic rings. The van der Waals surface area contributed by atoms with Crippen molar-refractivity contribution in [3.63, 3.8) is 0 Å². The summed E-state index contributed by atoms with van der Waals surface area (Å²) in [7, 11) is 0. The molecule has 1 amide bonds. The molecule has 0 saturated heterocycles. The Morgan fingerprint density at radius 3 is 2.45 bits per heavy atom. The number of aromatic nitrogens is 3. The molecule has 1 aliphatic heterocycles. The number of carbonyl (C=O) groups is 1. The maximum absolute atomic E-state index is 12.5. The average Bonchev–Trinajstić information content (AvgIpc) is 3.30. The van der Waals surface area contributed by atoms with Gasteiger partial charge in [0.15, 0.2) is 0 Å². The van der Waals surface area contributed by atoms with Gasteiger partial charge in [0.05, 0.1) is 11.3 Å². The predicted molar refractivity (Wildman–Crippen MR) is 121 cm³/mol. The van der Waals surface area contributed by atoms with Gasteiger partial charge >= 0.3 is 0 Å². The van der Waals surface area contributed by atoms with Gasteiger partial charge in [0.2, 0.25) is 0 Å². The summed E-state index contributed by atoms with van der Waals surface area (Å²) in [5.41, 5.74) is 5.62. The number of pyridine rings is 1. The second-order valence-corrected chi connectivity index (χ2v) is 7.29. The third-order valence-corrected chi connectivity index (χ3v) is 5.18. The lowest BCUT2D eigenvalue weighted by Gasteiger charge is -2.08. The second-order valence-electron chi connectivity index (χ2n) is 7.29. The summed E-state index contributed by atoms with van der Waals surface area (Å²) >= 11 is 0. The molecule has 31 heavy (non-hydrogen) atoms. The standard InChI is InChI=1S/C24H19N5O2/c1-15-11-22(30)28-29(15)19-9-7-18(8-10-19)25-14-21-20-12-17(16-5-3-2-4-6-16)13-26-23(20)27-24(21)31/h2-14,25H,1H3,(H,28,30)(H,26,27,31)/b21-14-. The molecule has 152 valence electrons. The lowest BCUT2D eigenvalue weighted by Crippen LogP contribution is -2.06. The van der Waals surface area contributed by atoms with Crippen LogP contribution in [0.5, 0.6) is 0 Å². The highest BCUT2D eigenvalue weighted by Crippen LogP contribution is 2.33. The minimum atomic E-state index is -0.197. The topological polar surface area (TPSA) is 91.8 Å². The van der Waals surface area contributed by atoms with Crippen molar-refractivity contribution in [3.8, 4) is 16.8 Å². The Morgan fingerprint density at radius 1 is 0.968 bits per heavy atom. The molecule has 0 saturated carbocycles. The van der Waals surface area contributed by atoms with Crippen LogP contribution in [0.4, 0.5) is 11.5 Å². The average molecular weight is 409 g/mol. The van der Waals surface area contributed by atoms with E-state index in [-0.39, 0.29) is 11.5 Å². The Balaban J connectivity index is 1.41. The van der Waals surface area contributed by atoms with E-state index in [9.17, 15) is 9.59 Å². The molecular weight excluding hydrogens is 390 g/mol. The van der Waals surface area contributed by atoms with Gasteiger partial charge in [0.1, 0.15) is 5.82 Å². The van der Waals surface area contributed by atoms with Crippen molar-refractivity contribution in [1.82, 2.24) is 14.8 Å². The van der Waals surface area contributed by atoms with Crippen molar-refractivity contribution >= 4 is 23.0 Å². The first-order valence-corrected chi connectivity index (χ1v) is 9.81. The van der Waals surface area contributed by atoms with Crippen molar-refractivity contribution in [2.24, 2.45) is 0 Å². The van der Waals surface area contributed by atoms with Gasteiger partial charge in [0, 0.05) is 41.0 Å². The molecule has 0 unspecified atom stereocenters. The Hall–Kier alpha value is -4.39. The molecule has 7 heteroatoms. The fourth-order valence-corrected chi connectivity index (χ4v) is 3.61. The van der Waals surface area contributed by atoms with Crippen molar-refractivity contribution in [3.05, 3.63) is 101 Å². The van der Waals surface area contributed by atoms with E-state index >= 15 is 0 Å². The quantitative estimate of drug-likeness (QED) is 0.445. The first kappa shape index (κ1) is 18.6. The molecular formula is C24H19N5O2. The summed E-state index contributed by atoms with van der Waals surface area (Å²) in [6, 6.07) is 21.0. The maximum Gasteiger partial charge on any atom is 0.264 e. The molecule has 0 aliphatic carbocycles. The van der Waals surface area contributed by atoms with Crippen LogP contribution in [-0.4, -0.2) is 20.7 Å². The third kappa shape index (κ3) is 3.53. The number of aryl methyl sites for hydroxylation is 1. The highest BCUT2D eigenvalue weighted by Gasteiger charge is 2.25. The summed E-state index contributed by atoms with van der Waals surface area (Å²) < 4.78 is 1.72. The van der Waals surface area contributed by atoms with Crippen molar-refractivity contribution in [2.45, 2.75) is 6.92 Å². The number of carbonyl (C=O) groups excluding carboxylic acids is 1. The van der Waals surface area contributed by atoms with E-state index in [1.807, 2.05) is 67.6 Å².